The Kier molecular flexibility index (Phi) is 5.62. The third kappa shape index (κ3) is 4.32. The van der Waals surface area contributed by atoms with Gasteiger partial charge in [-0.05, 0) is 12.5 Å². The molecule has 0 radical (unpaired) electrons. The number of rotatable bonds is 5. The summed E-state index contributed by atoms with van der Waals surface area (Å²) in [6, 6.07) is 13.1. The molecule has 8 heteroatoms. The molecule has 1 amide bonds. The summed E-state index contributed by atoms with van der Waals surface area (Å²) >= 11 is 1.33. The summed E-state index contributed by atoms with van der Waals surface area (Å²) < 4.78 is 18.9. The summed E-state index contributed by atoms with van der Waals surface area (Å²) in [6.45, 7) is 2.95. The average Bonchev–Trinajstić information content (AvgIpc) is 3.03. The third-order valence-electron chi connectivity index (χ3n) is 4.36. The predicted octanol–water partition coefficient (Wildman–Crippen LogP) is 2.71. The van der Waals surface area contributed by atoms with E-state index in [4.69, 9.17) is 14.2 Å². The molecule has 0 saturated carbocycles. The molecule has 29 heavy (non-hydrogen) atoms. The van der Waals surface area contributed by atoms with Gasteiger partial charge in [0.05, 0.1) is 23.2 Å². The van der Waals surface area contributed by atoms with Gasteiger partial charge in [-0.2, -0.15) is 4.99 Å². The van der Waals surface area contributed by atoms with Crippen LogP contribution in [0, 0.1) is 0 Å². The Bertz CT molecular complexity index is 1120. The standard InChI is InChI=1S/C21H20N2O5S/c1-2-26-20(25)13-23-15-11-16-17(28-9-8-27-16)12-18(15)29-21(23)22-19(24)10-14-6-4-3-5-7-14/h3-7,11-12H,2,8-10,13H2,1H3. The van der Waals surface area contributed by atoms with E-state index < -0.39 is 0 Å². The number of fused-ring (bicyclic) bond motifs is 2. The fraction of sp³-hybridized carbons (Fsp3) is 0.286. The summed E-state index contributed by atoms with van der Waals surface area (Å²) in [6.07, 6.45) is 0.192. The van der Waals surface area contributed by atoms with Crippen molar-refractivity contribution in [1.82, 2.24) is 4.57 Å². The summed E-state index contributed by atoms with van der Waals surface area (Å²) in [5.41, 5.74) is 1.63. The van der Waals surface area contributed by atoms with Gasteiger partial charge in [0.1, 0.15) is 19.8 Å². The minimum Gasteiger partial charge on any atom is -0.486 e. The van der Waals surface area contributed by atoms with Crippen LogP contribution in [0.2, 0.25) is 0 Å². The quantitative estimate of drug-likeness (QED) is 0.602. The van der Waals surface area contributed by atoms with Crippen LogP contribution in [-0.2, 0) is 27.3 Å². The number of hydrogen-bond acceptors (Lipinski definition) is 6. The monoisotopic (exact) mass is 412 g/mol. The number of amides is 1. The van der Waals surface area contributed by atoms with Crippen LogP contribution < -0.4 is 14.3 Å². The lowest BCUT2D eigenvalue weighted by Gasteiger charge is -2.18. The fourth-order valence-corrected chi connectivity index (χ4v) is 4.15. The molecular formula is C21H20N2O5S. The van der Waals surface area contributed by atoms with Crippen LogP contribution in [0.4, 0.5) is 0 Å². The third-order valence-corrected chi connectivity index (χ3v) is 5.40. The highest BCUT2D eigenvalue weighted by atomic mass is 32.1. The molecular weight excluding hydrogens is 392 g/mol. The van der Waals surface area contributed by atoms with E-state index in [1.165, 1.54) is 11.3 Å². The molecule has 1 aliphatic rings. The normalized spacial score (nSPS) is 13.5. The Morgan fingerprint density at radius 3 is 2.59 bits per heavy atom. The highest BCUT2D eigenvalue weighted by Gasteiger charge is 2.18. The Labute approximate surface area is 171 Å². The maximum absolute atomic E-state index is 12.5. The van der Waals surface area contributed by atoms with E-state index in [0.29, 0.717) is 29.5 Å². The van der Waals surface area contributed by atoms with Crippen LogP contribution >= 0.6 is 11.3 Å². The molecule has 0 aliphatic carbocycles. The number of benzene rings is 2. The smallest absolute Gasteiger partial charge is 0.326 e. The van der Waals surface area contributed by atoms with E-state index in [-0.39, 0.29) is 31.4 Å². The zero-order valence-electron chi connectivity index (χ0n) is 15.9. The number of esters is 1. The highest BCUT2D eigenvalue weighted by molar-refractivity contribution is 7.16. The molecule has 1 aliphatic heterocycles. The van der Waals surface area contributed by atoms with Crippen molar-refractivity contribution in [3.63, 3.8) is 0 Å². The van der Waals surface area contributed by atoms with Gasteiger partial charge in [-0.25, -0.2) is 0 Å². The van der Waals surface area contributed by atoms with Crippen molar-refractivity contribution in [1.29, 1.82) is 0 Å². The van der Waals surface area contributed by atoms with Crippen LogP contribution in [0.3, 0.4) is 0 Å². The number of hydrogen-bond donors (Lipinski definition) is 0. The number of carbonyl (C=O) groups is 2. The van der Waals surface area contributed by atoms with E-state index in [1.54, 1.807) is 11.5 Å². The maximum Gasteiger partial charge on any atom is 0.326 e. The number of ether oxygens (including phenoxy) is 3. The summed E-state index contributed by atoms with van der Waals surface area (Å²) in [5, 5.41) is 0. The highest BCUT2D eigenvalue weighted by Crippen LogP contribution is 2.35. The SMILES string of the molecule is CCOC(=O)Cn1c(=NC(=O)Cc2ccccc2)sc2cc3c(cc21)OCCO3. The fourth-order valence-electron chi connectivity index (χ4n) is 3.10. The maximum atomic E-state index is 12.5. The molecule has 0 atom stereocenters. The van der Waals surface area contributed by atoms with Gasteiger partial charge in [-0.15, -0.1) is 0 Å². The minimum absolute atomic E-state index is 0.0368. The molecule has 2 aromatic carbocycles. The van der Waals surface area contributed by atoms with Gasteiger partial charge < -0.3 is 18.8 Å². The van der Waals surface area contributed by atoms with Crippen LogP contribution in [0.1, 0.15) is 12.5 Å². The molecule has 150 valence electrons. The first-order valence-corrected chi connectivity index (χ1v) is 10.2. The molecule has 0 fully saturated rings. The van der Waals surface area contributed by atoms with Crippen molar-refractivity contribution in [2.24, 2.45) is 4.99 Å². The van der Waals surface area contributed by atoms with E-state index in [1.807, 2.05) is 42.5 Å². The first-order valence-electron chi connectivity index (χ1n) is 9.34. The van der Waals surface area contributed by atoms with Gasteiger partial charge in [0, 0.05) is 12.1 Å². The van der Waals surface area contributed by atoms with Gasteiger partial charge in [0.15, 0.2) is 16.3 Å². The van der Waals surface area contributed by atoms with Crippen molar-refractivity contribution >= 4 is 33.4 Å². The lowest BCUT2D eigenvalue weighted by atomic mass is 10.1. The molecule has 1 aromatic heterocycles. The van der Waals surface area contributed by atoms with Crippen molar-refractivity contribution < 1.29 is 23.8 Å². The van der Waals surface area contributed by atoms with Crippen molar-refractivity contribution in [2.45, 2.75) is 19.9 Å². The Morgan fingerprint density at radius 1 is 1.14 bits per heavy atom. The molecule has 3 aromatic rings. The molecule has 7 nitrogen and oxygen atoms in total. The van der Waals surface area contributed by atoms with Crippen LogP contribution in [0.25, 0.3) is 10.2 Å². The molecule has 0 spiro atoms. The first-order chi connectivity index (χ1) is 14.1. The Morgan fingerprint density at radius 2 is 1.86 bits per heavy atom. The first kappa shape index (κ1) is 19.2. The van der Waals surface area contributed by atoms with E-state index in [2.05, 4.69) is 4.99 Å². The molecule has 4 rings (SSSR count). The lowest BCUT2D eigenvalue weighted by molar-refractivity contribution is -0.143. The predicted molar refractivity (Wildman–Crippen MR) is 108 cm³/mol. The van der Waals surface area contributed by atoms with Crippen LogP contribution in [0.15, 0.2) is 47.5 Å². The van der Waals surface area contributed by atoms with E-state index >= 15 is 0 Å². The number of nitrogens with zero attached hydrogens (tertiary/aromatic N) is 2. The zero-order valence-corrected chi connectivity index (χ0v) is 16.7. The van der Waals surface area contributed by atoms with Gasteiger partial charge in [-0.3, -0.25) is 9.59 Å². The minimum atomic E-state index is -0.390. The van der Waals surface area contributed by atoms with Crippen LogP contribution in [-0.4, -0.2) is 36.3 Å². The molecule has 2 heterocycles. The summed E-state index contributed by atoms with van der Waals surface area (Å²) in [5.74, 6) is 0.591. The number of thiazole rings is 1. The van der Waals surface area contributed by atoms with Crippen molar-refractivity contribution in [2.75, 3.05) is 19.8 Å². The van der Waals surface area contributed by atoms with Crippen LogP contribution in [0.5, 0.6) is 11.5 Å². The summed E-state index contributed by atoms with van der Waals surface area (Å²) in [7, 11) is 0. The van der Waals surface area contributed by atoms with E-state index in [9.17, 15) is 9.59 Å². The second kappa shape index (κ2) is 8.48. The molecule has 0 N–H and O–H groups in total. The largest absolute Gasteiger partial charge is 0.486 e. The lowest BCUT2D eigenvalue weighted by Crippen LogP contribution is -2.23. The van der Waals surface area contributed by atoms with Crippen molar-refractivity contribution in [3.8, 4) is 11.5 Å². The van der Waals surface area contributed by atoms with Gasteiger partial charge in [0.2, 0.25) is 0 Å². The zero-order chi connectivity index (χ0) is 20.2. The van der Waals surface area contributed by atoms with E-state index in [0.717, 1.165) is 15.8 Å². The van der Waals surface area contributed by atoms with Gasteiger partial charge >= 0.3 is 5.97 Å². The number of carbonyl (C=O) groups excluding carboxylic acids is 2. The Balaban J connectivity index is 1.76. The average molecular weight is 412 g/mol. The van der Waals surface area contributed by atoms with Gasteiger partial charge in [0.25, 0.3) is 5.91 Å². The second-order valence-electron chi connectivity index (χ2n) is 6.41. The summed E-state index contributed by atoms with van der Waals surface area (Å²) in [4.78, 5) is 29.4. The second-order valence-corrected chi connectivity index (χ2v) is 7.42. The van der Waals surface area contributed by atoms with Gasteiger partial charge in [-0.1, -0.05) is 41.7 Å². The molecule has 0 unspecified atom stereocenters. The van der Waals surface area contributed by atoms with Crippen molar-refractivity contribution in [3.05, 3.63) is 52.8 Å². The molecule has 0 saturated heterocycles. The number of aromatic nitrogens is 1. The topological polar surface area (TPSA) is 79.1 Å². The molecule has 0 bridgehead atoms. The Hall–Kier alpha value is -3.13.